The lowest BCUT2D eigenvalue weighted by molar-refractivity contribution is -0.384. The fourth-order valence-electron chi connectivity index (χ4n) is 2.52. The molecule has 18 heavy (non-hydrogen) atoms. The Balaban J connectivity index is 2.23. The van der Waals surface area contributed by atoms with Crippen LogP contribution < -0.4 is 10.6 Å². The lowest BCUT2D eigenvalue weighted by atomic mass is 9.93. The van der Waals surface area contributed by atoms with E-state index in [2.05, 4.69) is 11.8 Å². The van der Waals surface area contributed by atoms with Crippen LogP contribution in [-0.4, -0.2) is 24.1 Å². The summed E-state index contributed by atoms with van der Waals surface area (Å²) in [6, 6.07) is 7.26. The molecule has 0 radical (unpaired) electrons. The maximum absolute atomic E-state index is 10.8. The average molecular weight is 249 g/mol. The van der Waals surface area contributed by atoms with Crippen LogP contribution in [0.2, 0.25) is 0 Å². The standard InChI is InChI=1S/C13H19N3O2/c1-10-5-6-11(8-14)9-15(10)12-3-2-4-13(7-12)16(17)18/h2-4,7,10-11H,5-6,8-9,14H2,1H3. The number of hydrogen-bond donors (Lipinski definition) is 1. The predicted octanol–water partition coefficient (Wildman–Crippen LogP) is 2.16. The van der Waals surface area contributed by atoms with E-state index in [4.69, 9.17) is 5.73 Å². The normalized spacial score (nSPS) is 24.0. The molecule has 1 aromatic rings. The van der Waals surface area contributed by atoms with Crippen molar-refractivity contribution in [2.24, 2.45) is 11.7 Å². The van der Waals surface area contributed by atoms with Crippen molar-refractivity contribution in [1.82, 2.24) is 0 Å². The summed E-state index contributed by atoms with van der Waals surface area (Å²) in [6.07, 6.45) is 2.23. The van der Waals surface area contributed by atoms with Gasteiger partial charge in [-0.05, 0) is 38.3 Å². The van der Waals surface area contributed by atoms with Gasteiger partial charge >= 0.3 is 0 Å². The Kier molecular flexibility index (Phi) is 3.81. The summed E-state index contributed by atoms with van der Waals surface area (Å²) in [5, 5.41) is 10.8. The minimum absolute atomic E-state index is 0.148. The molecule has 1 aromatic carbocycles. The molecular formula is C13H19N3O2. The lowest BCUT2D eigenvalue weighted by Crippen LogP contribution is -2.43. The van der Waals surface area contributed by atoms with Crippen LogP contribution in [0.15, 0.2) is 24.3 Å². The first-order valence-corrected chi connectivity index (χ1v) is 6.33. The van der Waals surface area contributed by atoms with Crippen molar-refractivity contribution in [2.75, 3.05) is 18.0 Å². The number of nitro benzene ring substituents is 1. The van der Waals surface area contributed by atoms with Crippen LogP contribution >= 0.6 is 0 Å². The maximum atomic E-state index is 10.8. The quantitative estimate of drug-likeness (QED) is 0.658. The highest BCUT2D eigenvalue weighted by Crippen LogP contribution is 2.29. The van der Waals surface area contributed by atoms with Gasteiger partial charge in [-0.3, -0.25) is 10.1 Å². The molecule has 2 atom stereocenters. The monoisotopic (exact) mass is 249 g/mol. The van der Waals surface area contributed by atoms with E-state index in [-0.39, 0.29) is 10.6 Å². The van der Waals surface area contributed by atoms with E-state index < -0.39 is 0 Å². The van der Waals surface area contributed by atoms with Crippen LogP contribution in [-0.2, 0) is 0 Å². The molecule has 98 valence electrons. The Labute approximate surface area is 107 Å². The number of nitrogens with zero attached hydrogens (tertiary/aromatic N) is 2. The summed E-state index contributed by atoms with van der Waals surface area (Å²) >= 11 is 0. The molecule has 1 fully saturated rings. The van der Waals surface area contributed by atoms with Gasteiger partial charge in [-0.15, -0.1) is 0 Å². The molecule has 5 nitrogen and oxygen atoms in total. The van der Waals surface area contributed by atoms with E-state index in [0.717, 1.165) is 25.1 Å². The van der Waals surface area contributed by atoms with Gasteiger partial charge in [-0.1, -0.05) is 6.07 Å². The molecule has 5 heteroatoms. The second-order valence-corrected chi connectivity index (χ2v) is 4.96. The first kappa shape index (κ1) is 12.8. The molecule has 2 rings (SSSR count). The Morgan fingerprint density at radius 3 is 2.94 bits per heavy atom. The molecule has 0 bridgehead atoms. The first-order chi connectivity index (χ1) is 8.61. The average Bonchev–Trinajstić information content (AvgIpc) is 2.39. The van der Waals surface area contributed by atoms with E-state index in [1.54, 1.807) is 12.1 Å². The first-order valence-electron chi connectivity index (χ1n) is 6.33. The Morgan fingerprint density at radius 1 is 1.50 bits per heavy atom. The van der Waals surface area contributed by atoms with Crippen LogP contribution in [0.3, 0.4) is 0 Å². The molecule has 0 amide bonds. The van der Waals surface area contributed by atoms with Gasteiger partial charge in [0.15, 0.2) is 0 Å². The Hall–Kier alpha value is -1.62. The molecule has 0 saturated carbocycles. The van der Waals surface area contributed by atoms with E-state index >= 15 is 0 Å². The summed E-state index contributed by atoms with van der Waals surface area (Å²) in [6.45, 7) is 3.72. The molecule has 1 aliphatic heterocycles. The Bertz CT molecular complexity index is 436. The largest absolute Gasteiger partial charge is 0.368 e. The van der Waals surface area contributed by atoms with Crippen LogP contribution in [0, 0.1) is 16.0 Å². The van der Waals surface area contributed by atoms with Crippen molar-refractivity contribution in [3.8, 4) is 0 Å². The van der Waals surface area contributed by atoms with Gasteiger partial charge in [0.2, 0.25) is 0 Å². The molecule has 2 unspecified atom stereocenters. The molecule has 0 aromatic heterocycles. The number of rotatable bonds is 3. The van der Waals surface area contributed by atoms with Crippen molar-refractivity contribution in [3.63, 3.8) is 0 Å². The van der Waals surface area contributed by atoms with Gasteiger partial charge in [0.1, 0.15) is 0 Å². The zero-order valence-corrected chi connectivity index (χ0v) is 10.6. The molecule has 2 N–H and O–H groups in total. The second-order valence-electron chi connectivity index (χ2n) is 4.96. The van der Waals surface area contributed by atoms with Crippen molar-refractivity contribution in [2.45, 2.75) is 25.8 Å². The highest BCUT2D eigenvalue weighted by atomic mass is 16.6. The fourth-order valence-corrected chi connectivity index (χ4v) is 2.52. The molecule has 1 saturated heterocycles. The van der Waals surface area contributed by atoms with Gasteiger partial charge in [0, 0.05) is 30.4 Å². The van der Waals surface area contributed by atoms with Gasteiger partial charge in [0.25, 0.3) is 5.69 Å². The van der Waals surface area contributed by atoms with Gasteiger partial charge in [-0.25, -0.2) is 0 Å². The molecule has 0 spiro atoms. The zero-order valence-electron chi connectivity index (χ0n) is 10.6. The smallest absolute Gasteiger partial charge is 0.271 e. The Morgan fingerprint density at radius 2 is 2.28 bits per heavy atom. The summed E-state index contributed by atoms with van der Waals surface area (Å²) in [5.41, 5.74) is 6.81. The minimum atomic E-state index is -0.349. The highest BCUT2D eigenvalue weighted by Gasteiger charge is 2.25. The van der Waals surface area contributed by atoms with Crippen molar-refractivity contribution < 1.29 is 4.92 Å². The van der Waals surface area contributed by atoms with Gasteiger partial charge < -0.3 is 10.6 Å². The number of anilines is 1. The van der Waals surface area contributed by atoms with Crippen molar-refractivity contribution in [3.05, 3.63) is 34.4 Å². The fraction of sp³-hybridized carbons (Fsp3) is 0.538. The lowest BCUT2D eigenvalue weighted by Gasteiger charge is -2.39. The summed E-state index contributed by atoms with van der Waals surface area (Å²) < 4.78 is 0. The summed E-state index contributed by atoms with van der Waals surface area (Å²) in [5.74, 6) is 0.487. The minimum Gasteiger partial charge on any atom is -0.368 e. The number of piperidine rings is 1. The number of nitro groups is 1. The van der Waals surface area contributed by atoms with E-state index in [1.807, 2.05) is 6.07 Å². The SMILES string of the molecule is CC1CCC(CN)CN1c1cccc([N+](=O)[O-])c1. The van der Waals surface area contributed by atoms with Crippen LogP contribution in [0.4, 0.5) is 11.4 Å². The molecule has 1 aliphatic rings. The van der Waals surface area contributed by atoms with Gasteiger partial charge in [0.05, 0.1) is 4.92 Å². The van der Waals surface area contributed by atoms with Crippen LogP contribution in [0.5, 0.6) is 0 Å². The molecule has 0 aliphatic carbocycles. The maximum Gasteiger partial charge on any atom is 0.271 e. The molecular weight excluding hydrogens is 230 g/mol. The third-order valence-electron chi connectivity index (χ3n) is 3.69. The number of benzene rings is 1. The van der Waals surface area contributed by atoms with E-state index in [1.165, 1.54) is 6.07 Å². The van der Waals surface area contributed by atoms with Crippen molar-refractivity contribution >= 4 is 11.4 Å². The highest BCUT2D eigenvalue weighted by molar-refractivity contribution is 5.54. The van der Waals surface area contributed by atoms with Crippen molar-refractivity contribution in [1.29, 1.82) is 0 Å². The summed E-state index contributed by atoms with van der Waals surface area (Å²) in [7, 11) is 0. The van der Waals surface area contributed by atoms with E-state index in [0.29, 0.717) is 18.5 Å². The second kappa shape index (κ2) is 5.35. The van der Waals surface area contributed by atoms with E-state index in [9.17, 15) is 10.1 Å². The van der Waals surface area contributed by atoms with Crippen LogP contribution in [0.25, 0.3) is 0 Å². The van der Waals surface area contributed by atoms with Crippen LogP contribution in [0.1, 0.15) is 19.8 Å². The zero-order chi connectivity index (χ0) is 13.1. The molecule has 1 heterocycles. The third kappa shape index (κ3) is 2.61. The predicted molar refractivity (Wildman–Crippen MR) is 71.7 cm³/mol. The van der Waals surface area contributed by atoms with Gasteiger partial charge in [-0.2, -0.15) is 0 Å². The number of hydrogen-bond acceptors (Lipinski definition) is 4. The topological polar surface area (TPSA) is 72.4 Å². The third-order valence-corrected chi connectivity index (χ3v) is 3.69. The number of nitrogens with two attached hydrogens (primary N) is 1. The summed E-state index contributed by atoms with van der Waals surface area (Å²) in [4.78, 5) is 12.7. The number of non-ortho nitro benzene ring substituents is 1.